The van der Waals surface area contributed by atoms with Crippen LogP contribution in [0.4, 0.5) is 4.79 Å². The first-order valence-corrected chi connectivity index (χ1v) is 6.46. The molecule has 2 rings (SSSR count). The van der Waals surface area contributed by atoms with Gasteiger partial charge < -0.3 is 15.2 Å². The van der Waals surface area contributed by atoms with Crippen molar-refractivity contribution in [2.24, 2.45) is 5.73 Å². The Morgan fingerprint density at radius 2 is 1.96 bits per heavy atom. The first-order chi connectivity index (χ1) is 11.0. The molecule has 0 fully saturated rings. The van der Waals surface area contributed by atoms with Gasteiger partial charge in [-0.3, -0.25) is 10.1 Å². The van der Waals surface area contributed by atoms with E-state index >= 15 is 0 Å². The number of hydrogen-bond donors (Lipinski definition) is 2. The van der Waals surface area contributed by atoms with E-state index in [0.717, 1.165) is 5.69 Å². The van der Waals surface area contributed by atoms with Gasteiger partial charge in [0.2, 0.25) is 5.69 Å². The number of esters is 1. The molecule has 0 saturated heterocycles. The Labute approximate surface area is 131 Å². The lowest BCUT2D eigenvalue weighted by atomic mass is 10.3. The molecular weight excluding hydrogens is 304 g/mol. The number of para-hydroxylation sites is 1. The molecule has 23 heavy (non-hydrogen) atoms. The summed E-state index contributed by atoms with van der Waals surface area (Å²) in [6.45, 7) is -0.664. The first kappa shape index (κ1) is 16.0. The number of nitrogens with two attached hydrogens (primary N) is 1. The lowest BCUT2D eigenvalue weighted by Gasteiger charge is -2.03. The molecule has 2 aromatic rings. The fraction of sp³-hybridized carbons (Fsp3) is 0.143. The van der Waals surface area contributed by atoms with Gasteiger partial charge in [-0.2, -0.15) is 5.10 Å². The van der Waals surface area contributed by atoms with Crippen LogP contribution in [0.25, 0.3) is 5.69 Å². The molecule has 9 heteroatoms. The van der Waals surface area contributed by atoms with Crippen LogP contribution in [0.3, 0.4) is 0 Å². The Hall–Kier alpha value is -3.36. The van der Waals surface area contributed by atoms with E-state index in [2.05, 4.69) is 5.10 Å². The highest BCUT2D eigenvalue weighted by atomic mass is 16.5. The molecule has 0 aliphatic rings. The molecule has 1 heterocycles. The summed E-state index contributed by atoms with van der Waals surface area (Å²) in [5.41, 5.74) is 5.40. The summed E-state index contributed by atoms with van der Waals surface area (Å²) >= 11 is 0. The minimum Gasteiger partial charge on any atom is -0.493 e. The lowest BCUT2D eigenvalue weighted by Crippen LogP contribution is -2.37. The molecule has 0 bridgehead atoms. The van der Waals surface area contributed by atoms with E-state index < -0.39 is 24.5 Å². The summed E-state index contributed by atoms with van der Waals surface area (Å²) < 4.78 is 11.3. The predicted molar refractivity (Wildman–Crippen MR) is 78.1 cm³/mol. The van der Waals surface area contributed by atoms with Crippen LogP contribution in [0.15, 0.2) is 36.5 Å². The minimum absolute atomic E-state index is 0.0942. The van der Waals surface area contributed by atoms with Gasteiger partial charge in [0.15, 0.2) is 12.4 Å². The average molecular weight is 318 g/mol. The number of benzene rings is 1. The van der Waals surface area contributed by atoms with Crippen molar-refractivity contribution in [2.45, 2.75) is 0 Å². The Balaban J connectivity index is 2.12. The molecule has 0 aliphatic heterocycles. The van der Waals surface area contributed by atoms with Crippen LogP contribution in [0.5, 0.6) is 5.75 Å². The third kappa shape index (κ3) is 4.06. The highest BCUT2D eigenvalue weighted by Crippen LogP contribution is 2.20. The topological polar surface area (TPSA) is 126 Å². The summed E-state index contributed by atoms with van der Waals surface area (Å²) in [6, 6.07) is 8.03. The van der Waals surface area contributed by atoms with Crippen LogP contribution in [0, 0.1) is 0 Å². The third-order valence-corrected chi connectivity index (χ3v) is 2.71. The largest absolute Gasteiger partial charge is 0.493 e. The van der Waals surface area contributed by atoms with Gasteiger partial charge in [-0.15, -0.1) is 0 Å². The molecule has 1 aromatic heterocycles. The number of hydrogen-bond acceptors (Lipinski definition) is 6. The monoisotopic (exact) mass is 318 g/mol. The van der Waals surface area contributed by atoms with Gasteiger partial charge in [0.05, 0.1) is 19.0 Å². The molecule has 1 aromatic carbocycles. The number of carbonyl (C=O) groups excluding carboxylic acids is 3. The average Bonchev–Trinajstić information content (AvgIpc) is 2.97. The standard InChI is InChI=1S/C14H14N4O5/c1-22-10-7-18(9-5-3-2-4-6-9)17-12(10)13(20)23-8-11(19)16-14(15)21/h2-7H,8H2,1H3,(H3,15,16,19,21). The zero-order valence-electron chi connectivity index (χ0n) is 12.2. The maximum Gasteiger partial charge on any atom is 0.363 e. The van der Waals surface area contributed by atoms with E-state index in [0.29, 0.717) is 0 Å². The normalized spacial score (nSPS) is 9.96. The molecule has 3 amide bonds. The van der Waals surface area contributed by atoms with E-state index in [-0.39, 0.29) is 11.4 Å². The zero-order valence-corrected chi connectivity index (χ0v) is 12.2. The number of methoxy groups -OCH3 is 1. The van der Waals surface area contributed by atoms with Crippen molar-refractivity contribution in [3.63, 3.8) is 0 Å². The van der Waals surface area contributed by atoms with Crippen molar-refractivity contribution in [2.75, 3.05) is 13.7 Å². The fourth-order valence-electron chi connectivity index (χ4n) is 1.73. The number of nitrogens with zero attached hydrogens (tertiary/aromatic N) is 2. The molecule has 0 saturated carbocycles. The predicted octanol–water partition coefficient (Wildman–Crippen LogP) is 0.233. The summed E-state index contributed by atoms with van der Waals surface area (Å²) in [5.74, 6) is -1.52. The Morgan fingerprint density at radius 3 is 2.57 bits per heavy atom. The number of urea groups is 1. The Kier molecular flexibility index (Phi) is 4.92. The lowest BCUT2D eigenvalue weighted by molar-refractivity contribution is -0.123. The quantitative estimate of drug-likeness (QED) is 0.760. The molecule has 0 radical (unpaired) electrons. The van der Waals surface area contributed by atoms with E-state index in [1.165, 1.54) is 18.0 Å². The van der Waals surface area contributed by atoms with Crippen molar-refractivity contribution >= 4 is 17.9 Å². The Morgan fingerprint density at radius 1 is 1.26 bits per heavy atom. The number of imide groups is 1. The molecule has 9 nitrogen and oxygen atoms in total. The van der Waals surface area contributed by atoms with Crippen LogP contribution in [0.1, 0.15) is 10.5 Å². The number of primary amides is 1. The molecule has 0 spiro atoms. The van der Waals surface area contributed by atoms with E-state index in [4.69, 9.17) is 15.2 Å². The number of aromatic nitrogens is 2. The third-order valence-electron chi connectivity index (χ3n) is 2.71. The molecule has 0 aliphatic carbocycles. The van der Waals surface area contributed by atoms with Crippen LogP contribution < -0.4 is 15.8 Å². The van der Waals surface area contributed by atoms with Gasteiger partial charge in [0.1, 0.15) is 0 Å². The van der Waals surface area contributed by atoms with Gasteiger partial charge >= 0.3 is 12.0 Å². The highest BCUT2D eigenvalue weighted by molar-refractivity contribution is 5.96. The van der Waals surface area contributed by atoms with Crippen LogP contribution >= 0.6 is 0 Å². The van der Waals surface area contributed by atoms with Crippen molar-refractivity contribution < 1.29 is 23.9 Å². The van der Waals surface area contributed by atoms with Gasteiger partial charge in [-0.25, -0.2) is 14.3 Å². The Bertz CT molecular complexity index is 726. The van der Waals surface area contributed by atoms with E-state index in [1.54, 1.807) is 17.4 Å². The summed E-state index contributed by atoms with van der Waals surface area (Å²) in [5, 5.41) is 5.86. The summed E-state index contributed by atoms with van der Waals surface area (Å²) in [7, 11) is 1.38. The second-order valence-electron chi connectivity index (χ2n) is 4.31. The van der Waals surface area contributed by atoms with Gasteiger partial charge in [0.25, 0.3) is 5.91 Å². The zero-order chi connectivity index (χ0) is 16.8. The smallest absolute Gasteiger partial charge is 0.363 e. The second-order valence-corrected chi connectivity index (χ2v) is 4.31. The van der Waals surface area contributed by atoms with Crippen LogP contribution in [-0.4, -0.2) is 41.4 Å². The maximum absolute atomic E-state index is 12.0. The molecule has 0 unspecified atom stereocenters. The van der Waals surface area contributed by atoms with E-state index in [1.807, 2.05) is 18.2 Å². The van der Waals surface area contributed by atoms with Crippen LogP contribution in [0.2, 0.25) is 0 Å². The van der Waals surface area contributed by atoms with Crippen LogP contribution in [-0.2, 0) is 9.53 Å². The number of amides is 3. The van der Waals surface area contributed by atoms with Gasteiger partial charge in [-0.1, -0.05) is 18.2 Å². The van der Waals surface area contributed by atoms with Gasteiger partial charge in [0, 0.05) is 0 Å². The number of nitrogens with one attached hydrogen (secondary N) is 1. The first-order valence-electron chi connectivity index (χ1n) is 6.46. The highest BCUT2D eigenvalue weighted by Gasteiger charge is 2.21. The fourth-order valence-corrected chi connectivity index (χ4v) is 1.73. The van der Waals surface area contributed by atoms with Crippen molar-refractivity contribution in [1.82, 2.24) is 15.1 Å². The molecule has 0 atom stereocenters. The van der Waals surface area contributed by atoms with Crippen molar-refractivity contribution in [3.8, 4) is 11.4 Å². The number of ether oxygens (including phenoxy) is 2. The second kappa shape index (κ2) is 7.07. The molecular formula is C14H14N4O5. The summed E-state index contributed by atoms with van der Waals surface area (Å²) in [6.07, 6.45) is 1.51. The summed E-state index contributed by atoms with van der Waals surface area (Å²) in [4.78, 5) is 33.7. The molecule has 120 valence electrons. The van der Waals surface area contributed by atoms with Crippen molar-refractivity contribution in [3.05, 3.63) is 42.2 Å². The van der Waals surface area contributed by atoms with Crippen molar-refractivity contribution in [1.29, 1.82) is 0 Å². The van der Waals surface area contributed by atoms with E-state index in [9.17, 15) is 14.4 Å². The minimum atomic E-state index is -1.03. The SMILES string of the molecule is COc1cn(-c2ccccc2)nc1C(=O)OCC(=O)NC(N)=O. The molecule has 3 N–H and O–H groups in total. The number of rotatable bonds is 5. The number of carbonyl (C=O) groups is 3. The maximum atomic E-state index is 12.0. The van der Waals surface area contributed by atoms with Gasteiger partial charge in [-0.05, 0) is 12.1 Å².